The summed E-state index contributed by atoms with van der Waals surface area (Å²) < 4.78 is 37.6. The van der Waals surface area contributed by atoms with Gasteiger partial charge in [0.05, 0.1) is 40.0 Å². The molecular weight excluding hydrogens is 613 g/mol. The van der Waals surface area contributed by atoms with Crippen molar-refractivity contribution in [2.45, 2.75) is 39.8 Å². The van der Waals surface area contributed by atoms with Crippen molar-refractivity contribution in [2.24, 2.45) is 0 Å². The predicted octanol–water partition coefficient (Wildman–Crippen LogP) is 7.34. The average Bonchev–Trinajstić information content (AvgIpc) is 3.09. The normalized spacial score (nSPS) is 11.6. The number of amides is 1. The van der Waals surface area contributed by atoms with E-state index in [9.17, 15) is 4.79 Å². The number of nitrogens with one attached hydrogen (secondary N) is 2. The minimum atomic E-state index is -0.494. The zero-order valence-corrected chi connectivity index (χ0v) is 27.8. The highest BCUT2D eigenvalue weighted by molar-refractivity contribution is 6.02. The largest absolute Gasteiger partial charge is 0.497 e. The number of aryl methyl sites for hydroxylation is 1. The first-order valence-electron chi connectivity index (χ1n) is 15.1. The van der Waals surface area contributed by atoms with E-state index in [4.69, 9.17) is 29.6 Å². The average molecular weight is 652 g/mol. The number of nitriles is 1. The van der Waals surface area contributed by atoms with Gasteiger partial charge in [-0.2, -0.15) is 5.26 Å². The molecule has 0 aliphatic heterocycles. The van der Waals surface area contributed by atoms with Crippen LogP contribution in [0.1, 0.15) is 58.1 Å². The van der Waals surface area contributed by atoms with Crippen molar-refractivity contribution < 1.29 is 28.1 Å². The second-order valence-corrected chi connectivity index (χ2v) is 11.1. The number of benzene rings is 3. The molecule has 48 heavy (non-hydrogen) atoms. The number of halogens is 1. The summed E-state index contributed by atoms with van der Waals surface area (Å²) in [5, 5.41) is 20.7. The molecule has 4 aromatic rings. The Kier molecular flexibility index (Phi) is 11.7. The van der Waals surface area contributed by atoms with Gasteiger partial charge in [-0.15, -0.1) is 0 Å². The van der Waals surface area contributed by atoms with Crippen LogP contribution in [0, 0.1) is 29.5 Å². The molecule has 0 saturated carbocycles. The van der Waals surface area contributed by atoms with Gasteiger partial charge in [0.2, 0.25) is 0 Å². The standard InChI is InChI=1S/C37H38FN5O5/c1-23-7-9-27(34(15-23)46-5)21-43(22-28-10-12-30(45-4)18-35(28)47-6)37(40)48-25(3)16-24(2)31-17-29(11-13-32(31)38)42-36(44)33-14-8-26(19-39)20-41-33/h7-18,20,24,40H,21-22H2,1-6H3,(H,42,44)/b25-16-,40-37?/t24-/m1/s1. The summed E-state index contributed by atoms with van der Waals surface area (Å²) in [6.07, 6.45) is 3.02. The molecule has 0 aliphatic carbocycles. The minimum Gasteiger partial charge on any atom is -0.497 e. The molecule has 0 aliphatic rings. The van der Waals surface area contributed by atoms with Gasteiger partial charge in [-0.3, -0.25) is 10.2 Å². The van der Waals surface area contributed by atoms with Crippen LogP contribution in [0.15, 0.2) is 84.8 Å². The summed E-state index contributed by atoms with van der Waals surface area (Å²) in [7, 11) is 4.76. The van der Waals surface area contributed by atoms with Gasteiger partial charge in [0.25, 0.3) is 11.9 Å². The van der Waals surface area contributed by atoms with E-state index in [1.165, 1.54) is 30.5 Å². The fourth-order valence-corrected chi connectivity index (χ4v) is 5.03. The number of nitrogens with zero attached hydrogens (tertiary/aromatic N) is 3. The van der Waals surface area contributed by atoms with Crippen LogP contribution in [0.5, 0.6) is 17.2 Å². The fourth-order valence-electron chi connectivity index (χ4n) is 5.03. The summed E-state index contributed by atoms with van der Waals surface area (Å²) in [6, 6.07) is 20.4. The summed E-state index contributed by atoms with van der Waals surface area (Å²) >= 11 is 0. The maximum absolute atomic E-state index is 15.0. The number of carbonyl (C=O) groups is 1. The van der Waals surface area contributed by atoms with E-state index < -0.39 is 17.6 Å². The third-order valence-corrected chi connectivity index (χ3v) is 7.56. The quantitative estimate of drug-likeness (QED) is 0.0925. The van der Waals surface area contributed by atoms with Crippen molar-refractivity contribution >= 4 is 17.6 Å². The van der Waals surface area contributed by atoms with Crippen LogP contribution in [0.4, 0.5) is 10.1 Å². The second kappa shape index (κ2) is 16.1. The number of aromatic nitrogens is 1. The molecule has 4 rings (SSSR count). The van der Waals surface area contributed by atoms with E-state index in [1.807, 2.05) is 43.3 Å². The number of hydrogen-bond acceptors (Lipinski definition) is 8. The first kappa shape index (κ1) is 35.0. The van der Waals surface area contributed by atoms with Gasteiger partial charge in [0.1, 0.15) is 40.6 Å². The van der Waals surface area contributed by atoms with Crippen LogP contribution >= 0.6 is 0 Å². The van der Waals surface area contributed by atoms with Crippen LogP contribution < -0.4 is 19.5 Å². The highest BCUT2D eigenvalue weighted by atomic mass is 19.1. The smallest absolute Gasteiger partial charge is 0.290 e. The lowest BCUT2D eigenvalue weighted by Crippen LogP contribution is -2.31. The number of ether oxygens (including phenoxy) is 4. The number of allylic oxidation sites excluding steroid dienone is 2. The Morgan fingerprint density at radius 3 is 2.31 bits per heavy atom. The molecule has 10 nitrogen and oxygen atoms in total. The maximum Gasteiger partial charge on any atom is 0.290 e. The van der Waals surface area contributed by atoms with E-state index in [1.54, 1.807) is 58.3 Å². The lowest BCUT2D eigenvalue weighted by Gasteiger charge is -2.27. The van der Waals surface area contributed by atoms with Crippen molar-refractivity contribution in [3.05, 3.63) is 124 Å². The SMILES string of the molecule is COc1ccc(CN(Cc2ccc(C)cc2OC)C(=N)O/C(C)=C\[C@@H](C)c2cc(NC(=O)c3ccc(C#N)cn3)ccc2F)c(OC)c1. The van der Waals surface area contributed by atoms with Gasteiger partial charge in [-0.1, -0.05) is 19.1 Å². The first-order valence-corrected chi connectivity index (χ1v) is 15.1. The van der Waals surface area contributed by atoms with E-state index >= 15 is 4.39 Å². The van der Waals surface area contributed by atoms with Crippen LogP contribution in [-0.2, 0) is 17.8 Å². The lowest BCUT2D eigenvalue weighted by atomic mass is 9.99. The monoisotopic (exact) mass is 651 g/mol. The van der Waals surface area contributed by atoms with Crippen molar-refractivity contribution in [2.75, 3.05) is 26.6 Å². The Bertz CT molecular complexity index is 1850. The molecule has 1 aromatic heterocycles. The van der Waals surface area contributed by atoms with Gasteiger partial charge in [0.15, 0.2) is 0 Å². The van der Waals surface area contributed by atoms with Gasteiger partial charge in [0, 0.05) is 35.0 Å². The van der Waals surface area contributed by atoms with Crippen LogP contribution in [0.2, 0.25) is 0 Å². The molecular formula is C37H38FN5O5. The van der Waals surface area contributed by atoms with Gasteiger partial charge in [-0.25, -0.2) is 9.37 Å². The number of rotatable bonds is 12. The van der Waals surface area contributed by atoms with Crippen LogP contribution in [0.3, 0.4) is 0 Å². The third-order valence-electron chi connectivity index (χ3n) is 7.56. The van der Waals surface area contributed by atoms with E-state index in [0.717, 1.165) is 16.7 Å². The number of anilines is 1. The number of carbonyl (C=O) groups excluding carboxylic acids is 1. The predicted molar refractivity (Wildman–Crippen MR) is 181 cm³/mol. The Morgan fingerprint density at radius 2 is 1.69 bits per heavy atom. The highest BCUT2D eigenvalue weighted by Crippen LogP contribution is 2.29. The van der Waals surface area contributed by atoms with Crippen LogP contribution in [0.25, 0.3) is 0 Å². The molecule has 0 bridgehead atoms. The molecule has 248 valence electrons. The Labute approximate surface area is 279 Å². The van der Waals surface area contributed by atoms with Crippen molar-refractivity contribution in [3.8, 4) is 23.3 Å². The molecule has 0 fully saturated rings. The maximum atomic E-state index is 15.0. The Balaban J connectivity index is 1.55. The zero-order valence-electron chi connectivity index (χ0n) is 27.8. The van der Waals surface area contributed by atoms with Crippen molar-refractivity contribution in [3.63, 3.8) is 0 Å². The summed E-state index contributed by atoms with van der Waals surface area (Å²) in [5.74, 6) is 0.876. The molecule has 0 saturated heterocycles. The van der Waals surface area contributed by atoms with E-state index in [2.05, 4.69) is 10.3 Å². The topological polar surface area (TPSA) is 130 Å². The van der Waals surface area contributed by atoms with E-state index in [0.29, 0.717) is 46.4 Å². The Morgan fingerprint density at radius 1 is 1.00 bits per heavy atom. The molecule has 0 unspecified atom stereocenters. The molecule has 2 N–H and O–H groups in total. The number of methoxy groups -OCH3 is 3. The Hall–Kier alpha value is -5.89. The summed E-state index contributed by atoms with van der Waals surface area (Å²) in [4.78, 5) is 18.5. The summed E-state index contributed by atoms with van der Waals surface area (Å²) in [6.45, 7) is 6.04. The number of pyridine rings is 1. The minimum absolute atomic E-state index is 0.121. The van der Waals surface area contributed by atoms with Crippen molar-refractivity contribution in [1.82, 2.24) is 9.88 Å². The fraction of sp³-hybridized carbons (Fsp3) is 0.243. The van der Waals surface area contributed by atoms with E-state index in [-0.39, 0.29) is 18.3 Å². The molecule has 0 radical (unpaired) electrons. The molecule has 1 atom stereocenters. The number of amidine groups is 1. The van der Waals surface area contributed by atoms with Crippen LogP contribution in [-0.4, -0.2) is 43.1 Å². The highest BCUT2D eigenvalue weighted by Gasteiger charge is 2.20. The van der Waals surface area contributed by atoms with Crippen molar-refractivity contribution in [1.29, 1.82) is 10.7 Å². The number of hydrogen-bond donors (Lipinski definition) is 2. The zero-order chi connectivity index (χ0) is 34.8. The van der Waals surface area contributed by atoms with Gasteiger partial charge >= 0.3 is 0 Å². The molecule has 3 aromatic carbocycles. The van der Waals surface area contributed by atoms with Gasteiger partial charge in [-0.05, 0) is 79.6 Å². The molecule has 0 spiro atoms. The second-order valence-electron chi connectivity index (χ2n) is 11.1. The lowest BCUT2D eigenvalue weighted by molar-refractivity contribution is 0.102. The third kappa shape index (κ3) is 8.88. The summed E-state index contributed by atoms with van der Waals surface area (Å²) in [5.41, 5.74) is 3.86. The first-order chi connectivity index (χ1) is 23.0. The molecule has 1 amide bonds. The molecule has 11 heteroatoms. The van der Waals surface area contributed by atoms with Gasteiger partial charge < -0.3 is 29.2 Å². The molecule has 1 heterocycles.